The number of carboxylic acids is 1. The lowest BCUT2D eigenvalue weighted by Crippen LogP contribution is -2.39. The first-order valence-corrected chi connectivity index (χ1v) is 7.56. The van der Waals surface area contributed by atoms with Gasteiger partial charge in [-0.2, -0.15) is 0 Å². The van der Waals surface area contributed by atoms with Gasteiger partial charge in [-0.25, -0.2) is 0 Å². The number of carbonyl (C=O) groups is 2. The number of benzene rings is 1. The van der Waals surface area contributed by atoms with Crippen molar-refractivity contribution < 1.29 is 19.4 Å². The van der Waals surface area contributed by atoms with Crippen molar-refractivity contribution in [1.29, 1.82) is 0 Å². The smallest absolute Gasteiger partial charge is 0.310 e. The lowest BCUT2D eigenvalue weighted by molar-refractivity contribution is -0.146. The molecule has 4 rings (SSSR count). The van der Waals surface area contributed by atoms with Gasteiger partial charge in [0.15, 0.2) is 0 Å². The van der Waals surface area contributed by atoms with Crippen LogP contribution in [-0.4, -0.2) is 35.2 Å². The number of amides is 1. The standard InChI is InChI=1S/C17H17NO4/c1-2-10-3-5-11(6-4-10)18-9-17-8-7-12(22-17)13(16(20)21)14(17)15(18)19/h3-8,12-14H,2,9H2,1H3,(H,20,21)/t12-,13-,14+,17-/m0/s1. The molecule has 114 valence electrons. The fraction of sp³-hybridized carbons (Fsp3) is 0.412. The molecule has 0 unspecified atom stereocenters. The number of nitrogens with zero attached hydrogens (tertiary/aromatic N) is 1. The average molecular weight is 299 g/mol. The predicted molar refractivity (Wildman–Crippen MR) is 79.5 cm³/mol. The number of carbonyl (C=O) groups excluding carboxylic acids is 1. The fourth-order valence-electron chi connectivity index (χ4n) is 3.91. The molecule has 0 aromatic heterocycles. The van der Waals surface area contributed by atoms with Crippen LogP contribution in [0.4, 0.5) is 5.69 Å². The maximum Gasteiger partial charge on any atom is 0.310 e. The van der Waals surface area contributed by atoms with Gasteiger partial charge in [0.05, 0.1) is 18.6 Å². The quantitative estimate of drug-likeness (QED) is 0.861. The Morgan fingerprint density at radius 2 is 2.14 bits per heavy atom. The van der Waals surface area contributed by atoms with Crippen LogP contribution in [0.3, 0.4) is 0 Å². The Morgan fingerprint density at radius 3 is 2.77 bits per heavy atom. The summed E-state index contributed by atoms with van der Waals surface area (Å²) < 4.78 is 5.87. The van der Waals surface area contributed by atoms with Gasteiger partial charge in [0.2, 0.25) is 5.91 Å². The summed E-state index contributed by atoms with van der Waals surface area (Å²) >= 11 is 0. The third-order valence-electron chi connectivity index (χ3n) is 5.04. The Hall–Kier alpha value is -2.14. The van der Waals surface area contributed by atoms with Crippen LogP contribution in [0.1, 0.15) is 12.5 Å². The van der Waals surface area contributed by atoms with E-state index >= 15 is 0 Å². The maximum absolute atomic E-state index is 12.8. The molecule has 1 spiro atoms. The lowest BCUT2D eigenvalue weighted by Gasteiger charge is -2.21. The molecule has 0 aliphatic carbocycles. The van der Waals surface area contributed by atoms with Crippen molar-refractivity contribution in [2.24, 2.45) is 11.8 Å². The number of anilines is 1. The first-order valence-electron chi connectivity index (χ1n) is 7.56. The van der Waals surface area contributed by atoms with Crippen LogP contribution in [0, 0.1) is 11.8 Å². The van der Waals surface area contributed by atoms with Gasteiger partial charge in [0.25, 0.3) is 0 Å². The number of hydrogen-bond acceptors (Lipinski definition) is 3. The number of carboxylic acid groups (broad SMARTS) is 1. The monoisotopic (exact) mass is 299 g/mol. The molecule has 1 N–H and O–H groups in total. The Morgan fingerprint density at radius 1 is 1.41 bits per heavy atom. The zero-order valence-corrected chi connectivity index (χ0v) is 12.2. The number of fused-ring (bicyclic) bond motifs is 1. The van der Waals surface area contributed by atoms with E-state index in [2.05, 4.69) is 6.92 Å². The first kappa shape index (κ1) is 13.5. The summed E-state index contributed by atoms with van der Waals surface area (Å²) in [5.41, 5.74) is 1.23. The van der Waals surface area contributed by atoms with E-state index in [0.29, 0.717) is 6.54 Å². The number of hydrogen-bond donors (Lipinski definition) is 1. The van der Waals surface area contributed by atoms with Gasteiger partial charge < -0.3 is 14.7 Å². The second-order valence-electron chi connectivity index (χ2n) is 6.18. The molecule has 2 bridgehead atoms. The van der Waals surface area contributed by atoms with Gasteiger partial charge in [-0.3, -0.25) is 9.59 Å². The Bertz CT molecular complexity index is 680. The van der Waals surface area contributed by atoms with Crippen LogP contribution < -0.4 is 4.90 Å². The highest BCUT2D eigenvalue weighted by Gasteiger charge is 2.67. The minimum Gasteiger partial charge on any atom is -0.481 e. The van der Waals surface area contributed by atoms with Crippen molar-refractivity contribution in [1.82, 2.24) is 0 Å². The van der Waals surface area contributed by atoms with E-state index in [1.165, 1.54) is 5.56 Å². The molecule has 0 radical (unpaired) electrons. The molecule has 5 nitrogen and oxygen atoms in total. The zero-order chi connectivity index (χ0) is 15.5. The third kappa shape index (κ3) is 1.63. The summed E-state index contributed by atoms with van der Waals surface area (Å²) in [6.07, 6.45) is 4.12. The second-order valence-corrected chi connectivity index (χ2v) is 6.18. The molecule has 2 fully saturated rings. The highest BCUT2D eigenvalue weighted by atomic mass is 16.5. The Balaban J connectivity index is 1.70. The molecule has 1 aromatic carbocycles. The summed E-state index contributed by atoms with van der Waals surface area (Å²) in [6, 6.07) is 7.83. The van der Waals surface area contributed by atoms with Gasteiger partial charge in [-0.15, -0.1) is 0 Å². The molecule has 3 aliphatic rings. The fourth-order valence-corrected chi connectivity index (χ4v) is 3.91. The molecule has 0 saturated carbocycles. The lowest BCUT2D eigenvalue weighted by atomic mass is 9.77. The van der Waals surface area contributed by atoms with E-state index in [-0.39, 0.29) is 5.91 Å². The summed E-state index contributed by atoms with van der Waals surface area (Å²) in [6.45, 7) is 2.47. The number of aryl methyl sites for hydroxylation is 1. The minimum atomic E-state index is -0.960. The van der Waals surface area contributed by atoms with E-state index in [1.807, 2.05) is 30.3 Å². The maximum atomic E-state index is 12.8. The van der Waals surface area contributed by atoms with Crippen molar-refractivity contribution in [2.75, 3.05) is 11.4 Å². The van der Waals surface area contributed by atoms with Gasteiger partial charge >= 0.3 is 5.97 Å². The highest BCUT2D eigenvalue weighted by Crippen LogP contribution is 2.52. The van der Waals surface area contributed by atoms with Crippen LogP contribution in [0.2, 0.25) is 0 Å². The predicted octanol–water partition coefficient (Wildman–Crippen LogP) is 1.62. The largest absolute Gasteiger partial charge is 0.481 e. The molecule has 3 heterocycles. The van der Waals surface area contributed by atoms with E-state index in [1.54, 1.807) is 11.0 Å². The Labute approximate surface area is 128 Å². The normalized spacial score (nSPS) is 35.2. The summed E-state index contributed by atoms with van der Waals surface area (Å²) in [5, 5.41) is 9.44. The molecule has 1 aromatic rings. The van der Waals surface area contributed by atoms with Crippen molar-refractivity contribution >= 4 is 17.6 Å². The Kier molecular flexibility index (Phi) is 2.72. The minimum absolute atomic E-state index is 0.150. The molecule has 2 saturated heterocycles. The van der Waals surface area contributed by atoms with Crippen molar-refractivity contribution in [3.63, 3.8) is 0 Å². The molecule has 5 heteroatoms. The number of rotatable bonds is 3. The number of aliphatic carboxylic acids is 1. The summed E-state index contributed by atoms with van der Waals surface area (Å²) in [7, 11) is 0. The van der Waals surface area contributed by atoms with Crippen LogP contribution in [-0.2, 0) is 20.7 Å². The van der Waals surface area contributed by atoms with E-state index in [9.17, 15) is 14.7 Å². The van der Waals surface area contributed by atoms with Crippen molar-refractivity contribution in [3.8, 4) is 0 Å². The summed E-state index contributed by atoms with van der Waals surface area (Å²) in [5.74, 6) is -2.51. The second kappa shape index (κ2) is 4.43. The van der Waals surface area contributed by atoms with Gasteiger partial charge in [0, 0.05) is 5.69 Å². The van der Waals surface area contributed by atoms with Gasteiger partial charge in [-0.05, 0) is 24.1 Å². The molecule has 22 heavy (non-hydrogen) atoms. The van der Waals surface area contributed by atoms with Gasteiger partial charge in [0.1, 0.15) is 11.5 Å². The van der Waals surface area contributed by atoms with E-state index < -0.39 is 29.5 Å². The average Bonchev–Trinajstić information content (AvgIpc) is 3.15. The van der Waals surface area contributed by atoms with Crippen LogP contribution in [0.25, 0.3) is 0 Å². The topological polar surface area (TPSA) is 66.8 Å². The van der Waals surface area contributed by atoms with Crippen molar-refractivity contribution in [2.45, 2.75) is 25.0 Å². The van der Waals surface area contributed by atoms with E-state index in [4.69, 9.17) is 4.74 Å². The van der Waals surface area contributed by atoms with E-state index in [0.717, 1.165) is 12.1 Å². The summed E-state index contributed by atoms with van der Waals surface area (Å²) in [4.78, 5) is 26.0. The first-order chi connectivity index (χ1) is 10.6. The van der Waals surface area contributed by atoms with Crippen molar-refractivity contribution in [3.05, 3.63) is 42.0 Å². The number of ether oxygens (including phenoxy) is 1. The molecule has 4 atom stereocenters. The molecular formula is C17H17NO4. The SMILES string of the molecule is CCc1ccc(N2C[C@]34C=C[C@H](O3)[C@H](C(=O)O)[C@@H]4C2=O)cc1. The third-order valence-corrected chi connectivity index (χ3v) is 5.04. The van der Waals surface area contributed by atoms with Gasteiger partial charge in [-0.1, -0.05) is 31.2 Å². The highest BCUT2D eigenvalue weighted by molar-refractivity contribution is 6.02. The molecule has 1 amide bonds. The van der Waals surface area contributed by atoms with Crippen LogP contribution in [0.15, 0.2) is 36.4 Å². The molecular weight excluding hydrogens is 282 g/mol. The van der Waals surface area contributed by atoms with Crippen LogP contribution in [0.5, 0.6) is 0 Å². The van der Waals surface area contributed by atoms with Crippen LogP contribution >= 0.6 is 0 Å². The molecule has 3 aliphatic heterocycles. The zero-order valence-electron chi connectivity index (χ0n) is 12.2.